The molecule has 0 radical (unpaired) electrons. The molecule has 1 amide bonds. The average Bonchev–Trinajstić information content (AvgIpc) is 2.47. The van der Waals surface area contributed by atoms with E-state index in [1.54, 1.807) is 0 Å². The standard InChI is InChI=1S/C16H29NO2/c1-13(11-14-5-3-2-4-6-14)16(19)17-9-7-15(12-18)8-10-17/h13-15,18H,2-12H2,1H3. The molecule has 2 aliphatic rings. The molecule has 1 heterocycles. The van der Waals surface area contributed by atoms with Crippen LogP contribution in [0, 0.1) is 17.8 Å². The molecule has 0 bridgehead atoms. The van der Waals surface area contributed by atoms with Crippen molar-refractivity contribution in [1.82, 2.24) is 4.90 Å². The summed E-state index contributed by atoms with van der Waals surface area (Å²) in [5, 5.41) is 9.14. The van der Waals surface area contributed by atoms with Crippen LogP contribution in [0.1, 0.15) is 58.3 Å². The van der Waals surface area contributed by atoms with E-state index in [0.29, 0.717) is 11.8 Å². The van der Waals surface area contributed by atoms with Gasteiger partial charge in [0.25, 0.3) is 0 Å². The van der Waals surface area contributed by atoms with Crippen molar-refractivity contribution in [2.75, 3.05) is 19.7 Å². The number of likely N-dealkylation sites (tertiary alicyclic amines) is 1. The maximum Gasteiger partial charge on any atom is 0.225 e. The van der Waals surface area contributed by atoms with Gasteiger partial charge in [0.05, 0.1) is 0 Å². The van der Waals surface area contributed by atoms with Crippen molar-refractivity contribution < 1.29 is 9.90 Å². The van der Waals surface area contributed by atoms with Gasteiger partial charge in [0.1, 0.15) is 0 Å². The summed E-state index contributed by atoms with van der Waals surface area (Å²) in [5.74, 6) is 1.73. The quantitative estimate of drug-likeness (QED) is 0.851. The van der Waals surface area contributed by atoms with Crippen molar-refractivity contribution in [2.45, 2.75) is 58.3 Å². The smallest absolute Gasteiger partial charge is 0.225 e. The van der Waals surface area contributed by atoms with Gasteiger partial charge in [-0.05, 0) is 31.1 Å². The van der Waals surface area contributed by atoms with Gasteiger partial charge < -0.3 is 10.0 Å². The van der Waals surface area contributed by atoms with Gasteiger partial charge >= 0.3 is 0 Å². The first-order valence-electron chi connectivity index (χ1n) is 8.10. The first-order chi connectivity index (χ1) is 9.20. The summed E-state index contributed by atoms with van der Waals surface area (Å²) in [4.78, 5) is 14.5. The fraction of sp³-hybridized carbons (Fsp3) is 0.938. The Bertz CT molecular complexity index is 278. The molecule has 1 saturated heterocycles. The first-order valence-corrected chi connectivity index (χ1v) is 8.10. The minimum absolute atomic E-state index is 0.189. The monoisotopic (exact) mass is 267 g/mol. The molecule has 1 atom stereocenters. The number of carbonyl (C=O) groups is 1. The van der Waals surface area contributed by atoms with E-state index in [9.17, 15) is 4.79 Å². The van der Waals surface area contributed by atoms with E-state index < -0.39 is 0 Å². The van der Waals surface area contributed by atoms with Crippen LogP contribution in [0.5, 0.6) is 0 Å². The van der Waals surface area contributed by atoms with Gasteiger partial charge in [-0.1, -0.05) is 39.0 Å². The normalized spacial score (nSPS) is 24.4. The van der Waals surface area contributed by atoms with Crippen LogP contribution in [-0.2, 0) is 4.79 Å². The molecule has 1 N–H and O–H groups in total. The fourth-order valence-electron chi connectivity index (χ4n) is 3.67. The van der Waals surface area contributed by atoms with Gasteiger partial charge in [-0.2, -0.15) is 0 Å². The van der Waals surface area contributed by atoms with Crippen LogP contribution >= 0.6 is 0 Å². The number of amides is 1. The summed E-state index contributed by atoms with van der Waals surface area (Å²) in [7, 11) is 0. The molecule has 0 aromatic heterocycles. The van der Waals surface area contributed by atoms with Crippen LogP contribution in [0.25, 0.3) is 0 Å². The van der Waals surface area contributed by atoms with Crippen molar-refractivity contribution in [1.29, 1.82) is 0 Å². The second-order valence-corrected chi connectivity index (χ2v) is 6.59. The molecular weight excluding hydrogens is 238 g/mol. The Morgan fingerprint density at radius 1 is 1.11 bits per heavy atom. The highest BCUT2D eigenvalue weighted by atomic mass is 16.3. The summed E-state index contributed by atoms with van der Waals surface area (Å²) in [6, 6.07) is 0. The molecule has 0 aromatic carbocycles. The minimum Gasteiger partial charge on any atom is -0.396 e. The summed E-state index contributed by atoms with van der Waals surface area (Å²) in [6.45, 7) is 4.08. The van der Waals surface area contributed by atoms with Gasteiger partial charge in [-0.25, -0.2) is 0 Å². The molecule has 0 spiro atoms. The van der Waals surface area contributed by atoms with Crippen LogP contribution in [0.3, 0.4) is 0 Å². The second kappa shape index (κ2) is 7.28. The van der Waals surface area contributed by atoms with E-state index >= 15 is 0 Å². The summed E-state index contributed by atoms with van der Waals surface area (Å²) < 4.78 is 0. The number of hydrogen-bond acceptors (Lipinski definition) is 2. The first kappa shape index (κ1) is 14.8. The SMILES string of the molecule is CC(CC1CCCCC1)C(=O)N1CCC(CO)CC1. The predicted octanol–water partition coefficient (Wildman–Crippen LogP) is 2.82. The molecule has 19 heavy (non-hydrogen) atoms. The van der Waals surface area contributed by atoms with Gasteiger partial charge in [0, 0.05) is 25.6 Å². The van der Waals surface area contributed by atoms with Gasteiger partial charge in [0.2, 0.25) is 5.91 Å². The van der Waals surface area contributed by atoms with E-state index in [1.807, 2.05) is 4.90 Å². The Morgan fingerprint density at radius 3 is 2.32 bits per heavy atom. The molecule has 1 aliphatic carbocycles. The zero-order valence-corrected chi connectivity index (χ0v) is 12.3. The Labute approximate surface area is 117 Å². The van der Waals surface area contributed by atoms with E-state index in [0.717, 1.165) is 38.3 Å². The molecule has 1 aliphatic heterocycles. The lowest BCUT2D eigenvalue weighted by molar-refractivity contribution is -0.137. The summed E-state index contributed by atoms with van der Waals surface area (Å²) >= 11 is 0. The van der Waals surface area contributed by atoms with Gasteiger partial charge in [-0.15, -0.1) is 0 Å². The highest BCUT2D eigenvalue weighted by Crippen LogP contribution is 2.30. The lowest BCUT2D eigenvalue weighted by atomic mass is 9.82. The van der Waals surface area contributed by atoms with Crippen molar-refractivity contribution in [2.24, 2.45) is 17.8 Å². The third-order valence-corrected chi connectivity index (χ3v) is 5.02. The van der Waals surface area contributed by atoms with Crippen molar-refractivity contribution in [3.63, 3.8) is 0 Å². The average molecular weight is 267 g/mol. The molecule has 3 heteroatoms. The third-order valence-electron chi connectivity index (χ3n) is 5.02. The molecule has 1 unspecified atom stereocenters. The Hall–Kier alpha value is -0.570. The number of nitrogens with zero attached hydrogens (tertiary/aromatic N) is 1. The van der Waals surface area contributed by atoms with Gasteiger partial charge in [-0.3, -0.25) is 4.79 Å². The van der Waals surface area contributed by atoms with Crippen LogP contribution < -0.4 is 0 Å². The van der Waals surface area contributed by atoms with Crippen molar-refractivity contribution >= 4 is 5.91 Å². The number of hydrogen-bond donors (Lipinski definition) is 1. The molecule has 110 valence electrons. The van der Waals surface area contributed by atoms with E-state index in [-0.39, 0.29) is 12.5 Å². The molecule has 1 saturated carbocycles. The van der Waals surface area contributed by atoms with E-state index in [1.165, 1.54) is 32.1 Å². The topological polar surface area (TPSA) is 40.5 Å². The highest BCUT2D eigenvalue weighted by Gasteiger charge is 2.27. The lowest BCUT2D eigenvalue weighted by Gasteiger charge is -2.34. The number of aliphatic hydroxyl groups excluding tert-OH is 1. The van der Waals surface area contributed by atoms with E-state index in [4.69, 9.17) is 5.11 Å². The number of aliphatic hydroxyl groups is 1. The molecule has 2 fully saturated rings. The van der Waals surface area contributed by atoms with Gasteiger partial charge in [0.15, 0.2) is 0 Å². The Kier molecular flexibility index (Phi) is 5.68. The number of rotatable bonds is 4. The van der Waals surface area contributed by atoms with Crippen molar-refractivity contribution in [3.8, 4) is 0 Å². The fourth-order valence-corrected chi connectivity index (χ4v) is 3.67. The van der Waals surface area contributed by atoms with Crippen LogP contribution in [-0.4, -0.2) is 35.6 Å². The summed E-state index contributed by atoms with van der Waals surface area (Å²) in [5.41, 5.74) is 0. The van der Waals surface area contributed by atoms with Crippen LogP contribution in [0.15, 0.2) is 0 Å². The molecular formula is C16H29NO2. The predicted molar refractivity (Wildman–Crippen MR) is 76.7 cm³/mol. The maximum atomic E-state index is 12.4. The maximum absolute atomic E-state index is 12.4. The van der Waals surface area contributed by atoms with Crippen molar-refractivity contribution in [3.05, 3.63) is 0 Å². The largest absolute Gasteiger partial charge is 0.396 e. The molecule has 2 rings (SSSR count). The van der Waals surface area contributed by atoms with Crippen LogP contribution in [0.4, 0.5) is 0 Å². The zero-order chi connectivity index (χ0) is 13.7. The van der Waals surface area contributed by atoms with Crippen LogP contribution in [0.2, 0.25) is 0 Å². The number of carbonyl (C=O) groups excluding carboxylic acids is 1. The Morgan fingerprint density at radius 2 is 1.74 bits per heavy atom. The molecule has 0 aromatic rings. The summed E-state index contributed by atoms with van der Waals surface area (Å²) in [6.07, 6.45) is 9.76. The second-order valence-electron chi connectivity index (χ2n) is 6.59. The van der Waals surface area contributed by atoms with E-state index in [2.05, 4.69) is 6.92 Å². The lowest BCUT2D eigenvalue weighted by Crippen LogP contribution is -2.42. The Balaban J connectivity index is 1.75. The number of piperidine rings is 1. The highest BCUT2D eigenvalue weighted by molar-refractivity contribution is 5.78. The third kappa shape index (κ3) is 4.20. The molecule has 3 nitrogen and oxygen atoms in total. The minimum atomic E-state index is 0.189. The zero-order valence-electron chi connectivity index (χ0n) is 12.3.